The Morgan fingerprint density at radius 2 is 1.82 bits per heavy atom. The molecule has 2 N–H and O–H groups in total. The normalized spacial score (nSPS) is 57.9. The van der Waals surface area contributed by atoms with Crippen LogP contribution >= 0.6 is 0 Å². The van der Waals surface area contributed by atoms with Crippen molar-refractivity contribution in [2.75, 3.05) is 0 Å². The fourth-order valence-electron chi connectivity index (χ4n) is 7.11. The van der Waals surface area contributed by atoms with Crippen molar-refractivity contribution in [3.05, 3.63) is 0 Å². The predicted molar refractivity (Wildman–Crippen MR) is 84.1 cm³/mol. The zero-order valence-corrected chi connectivity index (χ0v) is 13.9. The molecule has 4 fully saturated rings. The summed E-state index contributed by atoms with van der Waals surface area (Å²) in [6.45, 7) is 4.70. The second-order valence-electron chi connectivity index (χ2n) is 9.32. The maximum Gasteiger partial charge on any atom is 0.133 e. The van der Waals surface area contributed by atoms with Gasteiger partial charge in [-0.2, -0.15) is 0 Å². The van der Waals surface area contributed by atoms with Gasteiger partial charge in [0, 0.05) is 12.8 Å². The van der Waals surface area contributed by atoms with Crippen molar-refractivity contribution in [1.82, 2.24) is 0 Å². The van der Waals surface area contributed by atoms with Gasteiger partial charge in [0.1, 0.15) is 5.78 Å². The average Bonchev–Trinajstić information content (AvgIpc) is 2.76. The van der Waals surface area contributed by atoms with E-state index in [1.807, 2.05) is 0 Å². The zero-order chi connectivity index (χ0) is 15.7. The fraction of sp³-hybridized carbons (Fsp3) is 0.947. The second-order valence-corrected chi connectivity index (χ2v) is 9.32. The lowest BCUT2D eigenvalue weighted by molar-refractivity contribution is -0.162. The molecule has 0 spiro atoms. The van der Waals surface area contributed by atoms with Crippen molar-refractivity contribution in [3.63, 3.8) is 0 Å². The van der Waals surface area contributed by atoms with E-state index < -0.39 is 0 Å². The van der Waals surface area contributed by atoms with E-state index in [9.17, 15) is 15.0 Å². The molecule has 0 unspecified atom stereocenters. The van der Waals surface area contributed by atoms with Crippen molar-refractivity contribution >= 4 is 5.78 Å². The van der Waals surface area contributed by atoms with Crippen LogP contribution in [0, 0.1) is 34.5 Å². The number of carbonyl (C=O) groups is 1. The van der Waals surface area contributed by atoms with Crippen LogP contribution in [0.15, 0.2) is 0 Å². The highest BCUT2D eigenvalue weighted by molar-refractivity contribution is 5.79. The number of fused-ring (bicyclic) bond motifs is 5. The molecule has 124 valence electrons. The topological polar surface area (TPSA) is 57.5 Å². The van der Waals surface area contributed by atoms with Gasteiger partial charge in [0.05, 0.1) is 12.2 Å². The molecule has 0 saturated heterocycles. The van der Waals surface area contributed by atoms with Crippen molar-refractivity contribution < 1.29 is 15.0 Å². The van der Waals surface area contributed by atoms with Crippen LogP contribution in [-0.4, -0.2) is 28.2 Å². The molecular weight excluding hydrogens is 276 g/mol. The summed E-state index contributed by atoms with van der Waals surface area (Å²) in [4.78, 5) is 11.9. The molecule has 4 aliphatic rings. The molecule has 4 saturated carbocycles. The maximum absolute atomic E-state index is 11.9. The van der Waals surface area contributed by atoms with Crippen molar-refractivity contribution in [2.24, 2.45) is 34.5 Å². The van der Waals surface area contributed by atoms with Crippen molar-refractivity contribution in [1.29, 1.82) is 0 Å². The first-order valence-corrected chi connectivity index (χ1v) is 9.21. The Bertz CT molecular complexity index is 489. The van der Waals surface area contributed by atoms with Gasteiger partial charge >= 0.3 is 0 Å². The van der Waals surface area contributed by atoms with Gasteiger partial charge in [-0.25, -0.2) is 0 Å². The number of Topliss-reactive ketones (excluding diaryl/α,β-unsaturated/α-hetero) is 1. The van der Waals surface area contributed by atoms with Gasteiger partial charge in [-0.05, 0) is 73.0 Å². The first-order valence-electron chi connectivity index (χ1n) is 9.21. The molecule has 0 bridgehead atoms. The van der Waals surface area contributed by atoms with Crippen LogP contribution in [0.4, 0.5) is 0 Å². The third kappa shape index (κ3) is 1.97. The molecule has 0 aromatic heterocycles. The minimum absolute atomic E-state index is 0.130. The standard InChI is InChI=1S/C19H30O3/c1-18-5-4-14-13(15(18)8-12(21)10-18)9-17(22)16-7-11(20)3-6-19(14,16)2/h12-17,21-22H,3-10H2,1-2H3/t12-,13+,14-,15+,16-,17+,18-,19-/m1/s1. The lowest BCUT2D eigenvalue weighted by Gasteiger charge is -2.60. The van der Waals surface area contributed by atoms with Gasteiger partial charge in [-0.15, -0.1) is 0 Å². The highest BCUT2D eigenvalue weighted by Gasteiger charge is 2.61. The largest absolute Gasteiger partial charge is 0.393 e. The summed E-state index contributed by atoms with van der Waals surface area (Å²) in [6, 6.07) is 0. The number of hydrogen-bond acceptors (Lipinski definition) is 3. The summed E-state index contributed by atoms with van der Waals surface area (Å²) in [5.41, 5.74) is 0.402. The van der Waals surface area contributed by atoms with Gasteiger partial charge < -0.3 is 10.2 Å². The number of hydrogen-bond donors (Lipinski definition) is 2. The lowest BCUT2D eigenvalue weighted by atomic mass is 9.45. The summed E-state index contributed by atoms with van der Waals surface area (Å²) in [7, 11) is 0. The average molecular weight is 306 g/mol. The quantitative estimate of drug-likeness (QED) is 0.723. The first kappa shape index (κ1) is 15.1. The van der Waals surface area contributed by atoms with E-state index in [0.29, 0.717) is 36.4 Å². The first-order chi connectivity index (χ1) is 10.3. The Hall–Kier alpha value is -0.410. The molecule has 0 heterocycles. The Morgan fingerprint density at radius 1 is 1.05 bits per heavy atom. The molecular formula is C19H30O3. The van der Waals surface area contributed by atoms with Crippen LogP contribution in [-0.2, 0) is 4.79 Å². The summed E-state index contributed by atoms with van der Waals surface area (Å²) >= 11 is 0. The molecule has 0 aliphatic heterocycles. The van der Waals surface area contributed by atoms with E-state index >= 15 is 0 Å². The molecule has 4 aliphatic carbocycles. The Balaban J connectivity index is 1.67. The Labute approximate surface area is 133 Å². The van der Waals surface area contributed by atoms with Crippen LogP contribution in [0.25, 0.3) is 0 Å². The molecule has 22 heavy (non-hydrogen) atoms. The number of rotatable bonds is 0. The fourth-order valence-corrected chi connectivity index (χ4v) is 7.11. The summed E-state index contributed by atoms with van der Waals surface area (Å²) in [5, 5.41) is 21.0. The Morgan fingerprint density at radius 3 is 2.59 bits per heavy atom. The van der Waals surface area contributed by atoms with E-state index in [2.05, 4.69) is 13.8 Å². The van der Waals surface area contributed by atoms with Gasteiger partial charge in [0.25, 0.3) is 0 Å². The van der Waals surface area contributed by atoms with Crippen LogP contribution in [0.1, 0.15) is 65.2 Å². The van der Waals surface area contributed by atoms with Crippen molar-refractivity contribution in [3.8, 4) is 0 Å². The molecule has 3 nitrogen and oxygen atoms in total. The smallest absolute Gasteiger partial charge is 0.133 e. The van der Waals surface area contributed by atoms with Gasteiger partial charge in [0.15, 0.2) is 0 Å². The van der Waals surface area contributed by atoms with Crippen molar-refractivity contribution in [2.45, 2.75) is 77.4 Å². The van der Waals surface area contributed by atoms with E-state index in [1.165, 1.54) is 12.8 Å². The number of aliphatic hydroxyl groups is 2. The molecule has 3 heteroatoms. The minimum atomic E-state index is -0.324. The van der Waals surface area contributed by atoms with Crippen LogP contribution in [0.3, 0.4) is 0 Å². The Kier molecular flexibility index (Phi) is 3.30. The maximum atomic E-state index is 11.9. The second kappa shape index (κ2) is 4.80. The predicted octanol–water partition coefficient (Wildman–Crippen LogP) is 2.93. The summed E-state index contributed by atoms with van der Waals surface area (Å²) in [6.07, 6.45) is 6.92. The van der Waals surface area contributed by atoms with Crippen LogP contribution < -0.4 is 0 Å². The van der Waals surface area contributed by atoms with E-state index in [0.717, 1.165) is 25.7 Å². The molecule has 0 amide bonds. The van der Waals surface area contributed by atoms with E-state index in [1.54, 1.807) is 0 Å². The van der Waals surface area contributed by atoms with Crippen LogP contribution in [0.5, 0.6) is 0 Å². The third-order valence-corrected chi connectivity index (χ3v) is 8.25. The van der Waals surface area contributed by atoms with Gasteiger partial charge in [0.2, 0.25) is 0 Å². The summed E-state index contributed by atoms with van der Waals surface area (Å²) < 4.78 is 0. The molecule has 4 rings (SSSR count). The number of aliphatic hydroxyl groups excluding tert-OH is 2. The SMILES string of the molecule is C[C@]12CC[C@@H]3[C@H](C[C@H](O)[C@H]4CC(=O)CC[C@]34C)[C@@H]1C[C@@H](O)C2. The lowest BCUT2D eigenvalue weighted by Crippen LogP contribution is -2.57. The highest BCUT2D eigenvalue weighted by atomic mass is 16.3. The van der Waals surface area contributed by atoms with Gasteiger partial charge in [-0.3, -0.25) is 4.79 Å². The minimum Gasteiger partial charge on any atom is -0.393 e. The molecule has 0 radical (unpaired) electrons. The number of ketones is 1. The zero-order valence-electron chi connectivity index (χ0n) is 13.9. The molecule has 0 aromatic rings. The van der Waals surface area contributed by atoms with Crippen LogP contribution in [0.2, 0.25) is 0 Å². The summed E-state index contributed by atoms with van der Waals surface area (Å²) in [5.74, 6) is 2.26. The van der Waals surface area contributed by atoms with Gasteiger partial charge in [-0.1, -0.05) is 13.8 Å². The molecule has 8 atom stereocenters. The van der Waals surface area contributed by atoms with E-state index in [-0.39, 0.29) is 29.0 Å². The molecule has 0 aromatic carbocycles. The monoisotopic (exact) mass is 306 g/mol. The highest BCUT2D eigenvalue weighted by Crippen LogP contribution is 2.65. The number of carbonyl (C=O) groups excluding carboxylic acids is 1. The third-order valence-electron chi connectivity index (χ3n) is 8.25. The van der Waals surface area contributed by atoms with E-state index in [4.69, 9.17) is 0 Å².